The molecular weight excluding hydrogens is 364 g/mol. The minimum atomic E-state index is -0.462. The van der Waals surface area contributed by atoms with Crippen LogP contribution in [0.3, 0.4) is 0 Å². The van der Waals surface area contributed by atoms with Crippen molar-refractivity contribution in [1.82, 2.24) is 4.90 Å². The summed E-state index contributed by atoms with van der Waals surface area (Å²) in [6.07, 6.45) is 0. The molecule has 29 heavy (non-hydrogen) atoms. The van der Waals surface area contributed by atoms with Gasteiger partial charge in [0.15, 0.2) is 0 Å². The van der Waals surface area contributed by atoms with Crippen molar-refractivity contribution in [1.29, 1.82) is 0 Å². The molecule has 148 valence electrons. The molecular formula is C24H24N2O3. The third-order valence-electron chi connectivity index (χ3n) is 4.64. The van der Waals surface area contributed by atoms with E-state index in [1.54, 1.807) is 38.4 Å². The zero-order chi connectivity index (χ0) is 20.6. The average molecular weight is 388 g/mol. The molecule has 3 rings (SSSR count). The number of rotatable bonds is 7. The monoisotopic (exact) mass is 388 g/mol. The molecule has 0 fully saturated rings. The number of ether oxygens (including phenoxy) is 1. The van der Waals surface area contributed by atoms with Gasteiger partial charge >= 0.3 is 0 Å². The van der Waals surface area contributed by atoms with Crippen molar-refractivity contribution in [3.8, 4) is 5.75 Å². The van der Waals surface area contributed by atoms with Crippen LogP contribution in [0.25, 0.3) is 0 Å². The van der Waals surface area contributed by atoms with Gasteiger partial charge in [-0.25, -0.2) is 0 Å². The SMILES string of the molecule is COc1ccc(NC(=O)CN(C)C(=O)C(c2ccccc2)c2ccccc2)cc1. The molecule has 3 aromatic rings. The van der Waals surface area contributed by atoms with Crippen LogP contribution in [0, 0.1) is 0 Å². The Bertz CT molecular complexity index is 901. The second kappa shape index (κ2) is 9.55. The van der Waals surface area contributed by atoms with E-state index in [1.807, 2.05) is 60.7 Å². The Morgan fingerprint density at radius 1 is 0.862 bits per heavy atom. The average Bonchev–Trinajstić information content (AvgIpc) is 2.76. The molecule has 0 aromatic heterocycles. The van der Waals surface area contributed by atoms with E-state index in [0.29, 0.717) is 11.4 Å². The first-order valence-corrected chi connectivity index (χ1v) is 9.37. The molecule has 2 amide bonds. The molecule has 0 radical (unpaired) electrons. The summed E-state index contributed by atoms with van der Waals surface area (Å²) < 4.78 is 5.11. The highest BCUT2D eigenvalue weighted by Gasteiger charge is 2.26. The number of anilines is 1. The summed E-state index contributed by atoms with van der Waals surface area (Å²) in [5.41, 5.74) is 2.44. The number of nitrogens with one attached hydrogen (secondary N) is 1. The van der Waals surface area contributed by atoms with E-state index >= 15 is 0 Å². The zero-order valence-electron chi connectivity index (χ0n) is 16.5. The maximum Gasteiger partial charge on any atom is 0.243 e. The Hall–Kier alpha value is -3.60. The lowest BCUT2D eigenvalue weighted by atomic mass is 9.90. The van der Waals surface area contributed by atoms with Crippen molar-refractivity contribution in [3.05, 3.63) is 96.1 Å². The quantitative estimate of drug-likeness (QED) is 0.667. The molecule has 0 bridgehead atoms. The summed E-state index contributed by atoms with van der Waals surface area (Å²) in [6.45, 7) is -0.0406. The second-order valence-electron chi connectivity index (χ2n) is 6.73. The molecule has 5 nitrogen and oxygen atoms in total. The summed E-state index contributed by atoms with van der Waals surface area (Å²) in [7, 11) is 3.23. The van der Waals surface area contributed by atoms with Crippen LogP contribution in [0.5, 0.6) is 5.75 Å². The minimum Gasteiger partial charge on any atom is -0.497 e. The molecule has 3 aromatic carbocycles. The van der Waals surface area contributed by atoms with Gasteiger partial charge < -0.3 is 15.0 Å². The van der Waals surface area contributed by atoms with E-state index in [9.17, 15) is 9.59 Å². The standard InChI is InChI=1S/C24H24N2O3/c1-26(17-22(27)25-20-13-15-21(29-2)16-14-20)24(28)23(18-9-5-3-6-10-18)19-11-7-4-8-12-19/h3-16,23H,17H2,1-2H3,(H,25,27). The van der Waals surface area contributed by atoms with Crippen LogP contribution in [0.1, 0.15) is 17.0 Å². The fraction of sp³-hybridized carbons (Fsp3) is 0.167. The van der Waals surface area contributed by atoms with Crippen molar-refractivity contribution >= 4 is 17.5 Å². The second-order valence-corrected chi connectivity index (χ2v) is 6.73. The molecule has 1 N–H and O–H groups in total. The van der Waals surface area contributed by atoms with Gasteiger partial charge in [0.25, 0.3) is 0 Å². The predicted molar refractivity (Wildman–Crippen MR) is 114 cm³/mol. The van der Waals surface area contributed by atoms with E-state index in [0.717, 1.165) is 11.1 Å². The number of hydrogen-bond donors (Lipinski definition) is 1. The minimum absolute atomic E-state index is 0.0406. The molecule has 5 heteroatoms. The molecule has 0 saturated carbocycles. The number of hydrogen-bond acceptors (Lipinski definition) is 3. The summed E-state index contributed by atoms with van der Waals surface area (Å²) in [5, 5.41) is 2.81. The number of likely N-dealkylation sites (N-methyl/N-ethyl adjacent to an activating group) is 1. The van der Waals surface area contributed by atoms with Crippen LogP contribution in [0.4, 0.5) is 5.69 Å². The van der Waals surface area contributed by atoms with E-state index in [-0.39, 0.29) is 18.4 Å². The van der Waals surface area contributed by atoms with Crippen molar-refractivity contribution in [2.75, 3.05) is 26.0 Å². The maximum atomic E-state index is 13.2. The third kappa shape index (κ3) is 5.23. The smallest absolute Gasteiger partial charge is 0.243 e. The highest BCUT2D eigenvalue weighted by Crippen LogP contribution is 2.26. The number of methoxy groups -OCH3 is 1. The number of nitrogens with zero attached hydrogens (tertiary/aromatic N) is 1. The first kappa shape index (κ1) is 20.1. The largest absolute Gasteiger partial charge is 0.497 e. The van der Waals surface area contributed by atoms with Gasteiger partial charge in [-0.15, -0.1) is 0 Å². The fourth-order valence-electron chi connectivity index (χ4n) is 3.16. The molecule has 0 heterocycles. The van der Waals surface area contributed by atoms with Crippen LogP contribution in [0.2, 0.25) is 0 Å². The Labute approximate surface area is 170 Å². The Kier molecular flexibility index (Phi) is 6.63. The van der Waals surface area contributed by atoms with Crippen molar-refractivity contribution in [2.45, 2.75) is 5.92 Å². The van der Waals surface area contributed by atoms with Crippen molar-refractivity contribution in [3.63, 3.8) is 0 Å². The third-order valence-corrected chi connectivity index (χ3v) is 4.64. The van der Waals surface area contributed by atoms with Gasteiger partial charge in [-0.2, -0.15) is 0 Å². The number of benzene rings is 3. The topological polar surface area (TPSA) is 58.6 Å². The lowest BCUT2D eigenvalue weighted by Gasteiger charge is -2.24. The molecule has 0 aliphatic rings. The summed E-state index contributed by atoms with van der Waals surface area (Å²) in [5.74, 6) is -0.141. The lowest BCUT2D eigenvalue weighted by Crippen LogP contribution is -2.38. The number of amides is 2. The van der Waals surface area contributed by atoms with Crippen molar-refractivity contribution in [2.24, 2.45) is 0 Å². The Morgan fingerprint density at radius 2 is 1.38 bits per heavy atom. The van der Waals surface area contributed by atoms with Gasteiger partial charge in [0.1, 0.15) is 5.75 Å². The first-order chi connectivity index (χ1) is 14.1. The molecule has 0 saturated heterocycles. The van der Waals surface area contributed by atoms with Crippen LogP contribution in [0.15, 0.2) is 84.9 Å². The fourth-order valence-corrected chi connectivity index (χ4v) is 3.16. The van der Waals surface area contributed by atoms with E-state index in [1.165, 1.54) is 4.90 Å². The van der Waals surface area contributed by atoms with E-state index in [4.69, 9.17) is 4.74 Å². The molecule has 0 atom stereocenters. The summed E-state index contributed by atoms with van der Waals surface area (Å²) in [4.78, 5) is 27.1. The van der Waals surface area contributed by atoms with Crippen LogP contribution < -0.4 is 10.1 Å². The maximum absolute atomic E-state index is 13.2. The molecule has 0 unspecified atom stereocenters. The van der Waals surface area contributed by atoms with E-state index in [2.05, 4.69) is 5.32 Å². The van der Waals surface area contributed by atoms with E-state index < -0.39 is 5.92 Å². The summed E-state index contributed by atoms with van der Waals surface area (Å²) in [6, 6.07) is 26.3. The van der Waals surface area contributed by atoms with Gasteiger partial charge in [0.05, 0.1) is 19.6 Å². The zero-order valence-corrected chi connectivity index (χ0v) is 16.5. The predicted octanol–water partition coefficient (Wildman–Crippen LogP) is 3.92. The molecule has 0 aliphatic heterocycles. The van der Waals surface area contributed by atoms with Gasteiger partial charge in [0, 0.05) is 12.7 Å². The van der Waals surface area contributed by atoms with Crippen LogP contribution in [-0.2, 0) is 9.59 Å². The van der Waals surface area contributed by atoms with Crippen LogP contribution in [-0.4, -0.2) is 37.4 Å². The summed E-state index contributed by atoms with van der Waals surface area (Å²) >= 11 is 0. The lowest BCUT2D eigenvalue weighted by molar-refractivity contribution is -0.133. The van der Waals surface area contributed by atoms with Gasteiger partial charge in [-0.1, -0.05) is 60.7 Å². The normalized spacial score (nSPS) is 10.4. The molecule has 0 spiro atoms. The molecule has 0 aliphatic carbocycles. The van der Waals surface area contributed by atoms with Gasteiger partial charge in [-0.05, 0) is 35.4 Å². The highest BCUT2D eigenvalue weighted by molar-refractivity contribution is 5.96. The Morgan fingerprint density at radius 3 is 1.86 bits per heavy atom. The highest BCUT2D eigenvalue weighted by atomic mass is 16.5. The van der Waals surface area contributed by atoms with Gasteiger partial charge in [0.2, 0.25) is 11.8 Å². The Balaban J connectivity index is 1.72. The van der Waals surface area contributed by atoms with Crippen molar-refractivity contribution < 1.29 is 14.3 Å². The number of carbonyl (C=O) groups is 2. The first-order valence-electron chi connectivity index (χ1n) is 9.37. The van der Waals surface area contributed by atoms with Crippen LogP contribution >= 0.6 is 0 Å². The number of carbonyl (C=O) groups excluding carboxylic acids is 2. The van der Waals surface area contributed by atoms with Gasteiger partial charge in [-0.3, -0.25) is 9.59 Å².